The summed E-state index contributed by atoms with van der Waals surface area (Å²) in [6, 6.07) is 10.2. The molecule has 0 spiro atoms. The van der Waals surface area contributed by atoms with E-state index < -0.39 is 0 Å². The molecule has 7 nitrogen and oxygen atoms in total. The molecule has 1 aromatic carbocycles. The lowest BCUT2D eigenvalue weighted by Crippen LogP contribution is -2.35. The summed E-state index contributed by atoms with van der Waals surface area (Å²) in [6.07, 6.45) is 0.871. The van der Waals surface area contributed by atoms with E-state index in [2.05, 4.69) is 15.0 Å². The average Bonchev–Trinajstić information content (AvgIpc) is 3.09. The number of nitrogens with zero attached hydrogens (tertiary/aromatic N) is 5. The van der Waals surface area contributed by atoms with Gasteiger partial charge < -0.3 is 14.2 Å². The van der Waals surface area contributed by atoms with Crippen molar-refractivity contribution in [1.29, 1.82) is 0 Å². The van der Waals surface area contributed by atoms with Gasteiger partial charge in [-0.15, -0.1) is 0 Å². The van der Waals surface area contributed by atoms with Crippen LogP contribution in [0.4, 0.5) is 6.01 Å². The number of carbonyl (C=O) groups excluding carboxylic acids is 1. The first-order chi connectivity index (χ1) is 12.1. The molecule has 0 N–H and O–H groups in total. The van der Waals surface area contributed by atoms with Crippen molar-refractivity contribution in [2.24, 2.45) is 7.05 Å². The molecule has 0 radical (unpaired) electrons. The SMILES string of the molecule is Cc1cc(C(=O)N2CCCN(c3nc4ccccc4o3)CC2)nn1C. The summed E-state index contributed by atoms with van der Waals surface area (Å²) in [5.74, 6) is -0.0110. The third kappa shape index (κ3) is 2.97. The van der Waals surface area contributed by atoms with Crippen molar-refractivity contribution in [3.63, 3.8) is 0 Å². The Bertz CT molecular complexity index is 861. The van der Waals surface area contributed by atoms with Gasteiger partial charge in [0.25, 0.3) is 11.9 Å². The van der Waals surface area contributed by atoms with Crippen LogP contribution in [0.5, 0.6) is 0 Å². The lowest BCUT2D eigenvalue weighted by Gasteiger charge is -2.20. The van der Waals surface area contributed by atoms with Crippen LogP contribution in [0.3, 0.4) is 0 Å². The Morgan fingerprint density at radius 2 is 2.00 bits per heavy atom. The molecule has 130 valence electrons. The summed E-state index contributed by atoms with van der Waals surface area (Å²) < 4.78 is 7.59. The summed E-state index contributed by atoms with van der Waals surface area (Å²) in [5, 5.41) is 4.30. The molecular formula is C18H21N5O2. The van der Waals surface area contributed by atoms with E-state index in [0.29, 0.717) is 31.3 Å². The summed E-state index contributed by atoms with van der Waals surface area (Å²) in [4.78, 5) is 21.2. The second-order valence-corrected chi connectivity index (χ2v) is 6.39. The number of rotatable bonds is 2. The molecule has 3 aromatic rings. The molecule has 0 bridgehead atoms. The molecule has 4 rings (SSSR count). The van der Waals surface area contributed by atoms with E-state index in [4.69, 9.17) is 4.42 Å². The largest absolute Gasteiger partial charge is 0.423 e. The van der Waals surface area contributed by atoms with E-state index in [1.165, 1.54) is 0 Å². The Hall–Kier alpha value is -2.83. The predicted octanol–water partition coefficient (Wildman–Crippen LogP) is 2.22. The van der Waals surface area contributed by atoms with Gasteiger partial charge in [-0.25, -0.2) is 0 Å². The topological polar surface area (TPSA) is 67.4 Å². The van der Waals surface area contributed by atoms with Crippen molar-refractivity contribution >= 4 is 23.0 Å². The fourth-order valence-corrected chi connectivity index (χ4v) is 3.13. The third-order valence-electron chi connectivity index (χ3n) is 4.67. The minimum Gasteiger partial charge on any atom is -0.423 e. The molecule has 25 heavy (non-hydrogen) atoms. The smallest absolute Gasteiger partial charge is 0.298 e. The molecular weight excluding hydrogens is 318 g/mol. The lowest BCUT2D eigenvalue weighted by atomic mass is 10.3. The molecule has 0 aliphatic carbocycles. The van der Waals surface area contributed by atoms with Gasteiger partial charge in [0.2, 0.25) is 0 Å². The first kappa shape index (κ1) is 15.7. The number of carbonyl (C=O) groups is 1. The van der Waals surface area contributed by atoms with Gasteiger partial charge in [-0.2, -0.15) is 10.1 Å². The minimum absolute atomic E-state index is 0.0110. The van der Waals surface area contributed by atoms with Crippen LogP contribution in [0, 0.1) is 6.92 Å². The maximum atomic E-state index is 12.7. The fourth-order valence-electron chi connectivity index (χ4n) is 3.13. The third-order valence-corrected chi connectivity index (χ3v) is 4.67. The maximum absolute atomic E-state index is 12.7. The van der Waals surface area contributed by atoms with Crippen LogP contribution in [0.2, 0.25) is 0 Å². The number of anilines is 1. The zero-order valence-electron chi connectivity index (χ0n) is 14.5. The zero-order chi connectivity index (χ0) is 17.4. The normalized spacial score (nSPS) is 15.6. The molecule has 2 aromatic heterocycles. The van der Waals surface area contributed by atoms with E-state index in [9.17, 15) is 4.79 Å². The zero-order valence-corrected chi connectivity index (χ0v) is 14.5. The molecule has 3 heterocycles. The second kappa shape index (κ2) is 6.23. The highest BCUT2D eigenvalue weighted by Crippen LogP contribution is 2.22. The average molecular weight is 339 g/mol. The molecule has 1 fully saturated rings. The van der Waals surface area contributed by atoms with Crippen LogP contribution in [-0.4, -0.2) is 51.8 Å². The fraction of sp³-hybridized carbons (Fsp3) is 0.389. The summed E-state index contributed by atoms with van der Waals surface area (Å²) in [5.41, 5.74) is 3.14. The van der Waals surface area contributed by atoms with E-state index in [1.54, 1.807) is 4.68 Å². The van der Waals surface area contributed by atoms with Gasteiger partial charge in [0.05, 0.1) is 0 Å². The number of hydrogen-bond acceptors (Lipinski definition) is 5. The van der Waals surface area contributed by atoms with Gasteiger partial charge in [0.15, 0.2) is 11.3 Å². The molecule has 1 aliphatic heterocycles. The number of aromatic nitrogens is 3. The summed E-state index contributed by atoms with van der Waals surface area (Å²) in [7, 11) is 1.85. The van der Waals surface area contributed by atoms with E-state index in [0.717, 1.165) is 29.8 Å². The van der Waals surface area contributed by atoms with Crippen LogP contribution in [0.25, 0.3) is 11.1 Å². The first-order valence-electron chi connectivity index (χ1n) is 8.52. The number of amides is 1. The molecule has 0 unspecified atom stereocenters. The van der Waals surface area contributed by atoms with E-state index in [1.807, 2.05) is 49.2 Å². The maximum Gasteiger partial charge on any atom is 0.298 e. The Labute approximate surface area is 145 Å². The Balaban J connectivity index is 1.49. The highest BCUT2D eigenvalue weighted by atomic mass is 16.4. The lowest BCUT2D eigenvalue weighted by molar-refractivity contribution is 0.0760. The Morgan fingerprint density at radius 3 is 2.76 bits per heavy atom. The van der Waals surface area contributed by atoms with Gasteiger partial charge in [0, 0.05) is 38.9 Å². The van der Waals surface area contributed by atoms with Crippen molar-refractivity contribution < 1.29 is 9.21 Å². The first-order valence-corrected chi connectivity index (χ1v) is 8.52. The van der Waals surface area contributed by atoms with Crippen LogP contribution < -0.4 is 4.90 Å². The van der Waals surface area contributed by atoms with Crippen molar-refractivity contribution in [3.05, 3.63) is 41.7 Å². The summed E-state index contributed by atoms with van der Waals surface area (Å²) in [6.45, 7) is 4.81. The minimum atomic E-state index is -0.0110. The van der Waals surface area contributed by atoms with Crippen molar-refractivity contribution in [1.82, 2.24) is 19.7 Å². The number of fused-ring (bicyclic) bond motifs is 1. The molecule has 7 heteroatoms. The van der Waals surface area contributed by atoms with Gasteiger partial charge >= 0.3 is 0 Å². The number of aryl methyl sites for hydroxylation is 2. The number of oxazole rings is 1. The number of para-hydroxylation sites is 2. The quantitative estimate of drug-likeness (QED) is 0.716. The summed E-state index contributed by atoms with van der Waals surface area (Å²) >= 11 is 0. The number of benzene rings is 1. The van der Waals surface area contributed by atoms with Crippen molar-refractivity contribution in [2.75, 3.05) is 31.1 Å². The van der Waals surface area contributed by atoms with Gasteiger partial charge in [-0.1, -0.05) is 12.1 Å². The van der Waals surface area contributed by atoms with Crippen LogP contribution >= 0.6 is 0 Å². The molecule has 0 atom stereocenters. The Morgan fingerprint density at radius 1 is 1.16 bits per heavy atom. The highest BCUT2D eigenvalue weighted by molar-refractivity contribution is 5.92. The van der Waals surface area contributed by atoms with Crippen molar-refractivity contribution in [2.45, 2.75) is 13.3 Å². The molecule has 1 aliphatic rings. The molecule has 1 amide bonds. The van der Waals surface area contributed by atoms with Gasteiger partial charge in [-0.05, 0) is 31.5 Å². The monoisotopic (exact) mass is 339 g/mol. The van der Waals surface area contributed by atoms with Gasteiger partial charge in [0.1, 0.15) is 5.52 Å². The highest BCUT2D eigenvalue weighted by Gasteiger charge is 2.24. The van der Waals surface area contributed by atoms with Crippen LogP contribution in [0.15, 0.2) is 34.7 Å². The van der Waals surface area contributed by atoms with Crippen molar-refractivity contribution in [3.8, 4) is 0 Å². The predicted molar refractivity (Wildman–Crippen MR) is 94.7 cm³/mol. The number of hydrogen-bond donors (Lipinski definition) is 0. The van der Waals surface area contributed by atoms with Gasteiger partial charge in [-0.3, -0.25) is 9.48 Å². The molecule has 0 saturated carbocycles. The van der Waals surface area contributed by atoms with E-state index in [-0.39, 0.29) is 5.91 Å². The van der Waals surface area contributed by atoms with Crippen LogP contribution in [0.1, 0.15) is 22.6 Å². The standard InChI is InChI=1S/C18H21N5O2/c1-13-12-15(20-21(13)2)17(24)22-8-5-9-23(11-10-22)18-19-14-6-3-4-7-16(14)25-18/h3-4,6-7,12H,5,8-11H2,1-2H3. The van der Waals surface area contributed by atoms with Crippen LogP contribution in [-0.2, 0) is 7.05 Å². The second-order valence-electron chi connectivity index (χ2n) is 6.39. The Kier molecular flexibility index (Phi) is 3.91. The van der Waals surface area contributed by atoms with E-state index >= 15 is 0 Å². The molecule has 1 saturated heterocycles.